The van der Waals surface area contributed by atoms with E-state index in [-0.39, 0.29) is 58.2 Å². The van der Waals surface area contributed by atoms with Crippen LogP contribution in [0.1, 0.15) is 169 Å². The van der Waals surface area contributed by atoms with E-state index in [9.17, 15) is 14.4 Å². The van der Waals surface area contributed by atoms with Crippen molar-refractivity contribution in [1.82, 2.24) is 59.0 Å². The fourth-order valence-electron chi connectivity index (χ4n) is 14.1. The number of nitrogens with zero attached hydrogens (tertiary/aromatic N) is 9. The lowest BCUT2D eigenvalue weighted by molar-refractivity contribution is 0.0332. The van der Waals surface area contributed by atoms with Crippen LogP contribution in [-0.4, -0.2) is 98.5 Å². The van der Waals surface area contributed by atoms with Crippen LogP contribution < -0.4 is 33.0 Å². The molecule has 6 unspecified atom stereocenters. The minimum absolute atomic E-state index is 0.108. The lowest BCUT2D eigenvalue weighted by atomic mass is 9.60. The van der Waals surface area contributed by atoms with Crippen molar-refractivity contribution in [2.75, 3.05) is 19.6 Å². The number of aromatic nitrogens is 9. The van der Waals surface area contributed by atoms with Crippen LogP contribution in [0, 0.1) is 91.8 Å². The van der Waals surface area contributed by atoms with Crippen molar-refractivity contribution >= 4 is 35.8 Å². The van der Waals surface area contributed by atoms with Crippen molar-refractivity contribution < 1.29 is 28.8 Å². The second kappa shape index (κ2) is 19.9. The van der Waals surface area contributed by atoms with Gasteiger partial charge in [0.2, 0.25) is 17.7 Å². The molecule has 3 fully saturated rings. The lowest BCUT2D eigenvalue weighted by Crippen LogP contribution is -2.62. The molecule has 7 rings (SSSR count). The summed E-state index contributed by atoms with van der Waals surface area (Å²) in [6.07, 6.45) is 2.58. The highest BCUT2D eigenvalue weighted by atomic mass is 16.2. The van der Waals surface area contributed by atoms with Gasteiger partial charge < -0.3 is 16.0 Å². The molecular formula is C54H78N12O9. The Kier molecular flexibility index (Phi) is 14.9. The van der Waals surface area contributed by atoms with E-state index in [4.69, 9.17) is 0 Å². The molecule has 3 N–H and O–H groups in total. The van der Waals surface area contributed by atoms with Gasteiger partial charge in [0, 0.05) is 54.5 Å². The molecule has 21 nitrogen and oxygen atoms in total. The molecule has 6 atom stereocenters. The number of hydrogen-bond donors (Lipinski definition) is 3. The van der Waals surface area contributed by atoms with Crippen LogP contribution in [0.15, 0.2) is 32.6 Å². The van der Waals surface area contributed by atoms with Gasteiger partial charge in [-0.1, -0.05) is 62.3 Å². The molecule has 0 spiro atoms. The van der Waals surface area contributed by atoms with E-state index >= 15 is 28.8 Å². The molecule has 21 heteroatoms. The number of nitrogens with one attached hydrogen (secondary N) is 3. The first-order valence-electron chi connectivity index (χ1n) is 26.1. The van der Waals surface area contributed by atoms with E-state index < -0.39 is 103 Å². The van der Waals surface area contributed by atoms with Gasteiger partial charge in [0.25, 0.3) is 0 Å². The second-order valence-corrected chi connectivity index (χ2v) is 26.1. The third-order valence-electron chi connectivity index (χ3n) is 15.8. The van der Waals surface area contributed by atoms with Crippen LogP contribution in [0.4, 0.5) is 14.4 Å². The zero-order chi connectivity index (χ0) is 55.7. The van der Waals surface area contributed by atoms with Crippen LogP contribution in [-0.2, 0) is 0 Å². The Hall–Kier alpha value is -6.54. The van der Waals surface area contributed by atoms with Gasteiger partial charge in [0.15, 0.2) is 0 Å². The average Bonchev–Trinajstić information content (AvgIpc) is 3.93. The predicted molar refractivity (Wildman–Crippen MR) is 280 cm³/mol. The van der Waals surface area contributed by atoms with Crippen molar-refractivity contribution in [3.05, 3.63) is 83.8 Å². The van der Waals surface area contributed by atoms with Gasteiger partial charge in [-0.05, 0) is 150 Å². The highest BCUT2D eigenvalue weighted by Gasteiger charge is 2.49. The van der Waals surface area contributed by atoms with Crippen molar-refractivity contribution in [1.29, 1.82) is 0 Å². The fourth-order valence-corrected chi connectivity index (χ4v) is 14.1. The van der Waals surface area contributed by atoms with Crippen molar-refractivity contribution in [2.24, 2.45) is 50.2 Å². The number of hydrogen-bond acceptors (Lipinski definition) is 12. The molecule has 0 aliphatic heterocycles. The van der Waals surface area contributed by atoms with Gasteiger partial charge in [-0.25, -0.2) is 28.8 Å². The summed E-state index contributed by atoms with van der Waals surface area (Å²) in [6, 6.07) is 3.94. The quantitative estimate of drug-likeness (QED) is 0.156. The van der Waals surface area contributed by atoms with Crippen molar-refractivity contribution in [3.63, 3.8) is 0 Å². The maximum atomic E-state index is 15.2. The molecule has 0 aromatic carbocycles. The van der Waals surface area contributed by atoms with Gasteiger partial charge in [0.1, 0.15) is 0 Å². The zero-order valence-corrected chi connectivity index (χ0v) is 46.6. The smallest absolute Gasteiger partial charge is 0.336 e. The maximum Gasteiger partial charge on any atom is 0.350 e. The third-order valence-corrected chi connectivity index (χ3v) is 15.8. The Morgan fingerprint density at radius 1 is 0.427 bits per heavy atom. The summed E-state index contributed by atoms with van der Waals surface area (Å²) in [5.74, 6) is -5.99. The molecule has 75 heavy (non-hydrogen) atoms. The molecule has 0 saturated heterocycles. The summed E-state index contributed by atoms with van der Waals surface area (Å²) in [5.41, 5.74) is -4.44. The van der Waals surface area contributed by atoms with E-state index in [0.717, 1.165) is 0 Å². The summed E-state index contributed by atoms with van der Waals surface area (Å²) in [5, 5.41) is 21.8. The Balaban J connectivity index is 1.27. The monoisotopic (exact) mass is 1040 g/mol. The molecule has 4 aromatic rings. The first-order chi connectivity index (χ1) is 34.5. The summed E-state index contributed by atoms with van der Waals surface area (Å²) in [4.78, 5) is 131. The highest BCUT2D eigenvalue weighted by molar-refractivity contribution is 5.87. The molecule has 3 saturated carbocycles. The van der Waals surface area contributed by atoms with E-state index in [1.165, 1.54) is 14.0 Å². The molecule has 408 valence electrons. The van der Waals surface area contributed by atoms with Gasteiger partial charge in [-0.3, -0.25) is 14.4 Å². The molecule has 4 heterocycles. The second-order valence-electron chi connectivity index (χ2n) is 26.1. The van der Waals surface area contributed by atoms with E-state index in [1.54, 1.807) is 59.7 Å². The molecule has 0 bridgehead atoms. The maximum absolute atomic E-state index is 15.2. The van der Waals surface area contributed by atoms with E-state index in [2.05, 4.69) is 31.2 Å². The number of amides is 3. The Bertz CT molecular complexity index is 2800. The standard InChI is InChI=1S/C54H78N12O9/c1-31-16-34(4)64(58-31)43(70)55-28-52(13)22-37(19-49(7,8)25-52)40(67)61-46(73)62(41(68)38-20-50(9,10)26-53(14,23-38)29-56-44(71)65-35(5)17-32(2)59-65)48(75)63(47(61)74)42(69)39-21-51(11,12)27-54(15,24-39)30-57-45(72)66-36(6)18-33(3)60-66/h16-18,37-39H,19-30H2,1-15H3,(H,55,70)(H,56,71)(H,57,72). The van der Waals surface area contributed by atoms with Crippen LogP contribution in [0.5, 0.6) is 0 Å². The molecule has 3 aliphatic carbocycles. The predicted octanol–water partition coefficient (Wildman–Crippen LogP) is 6.80. The minimum Gasteiger partial charge on any atom is -0.336 e. The number of carbonyl (C=O) groups excluding carboxylic acids is 6. The van der Waals surface area contributed by atoms with Crippen molar-refractivity contribution in [2.45, 2.75) is 162 Å². The van der Waals surface area contributed by atoms with Gasteiger partial charge in [0.05, 0.1) is 17.1 Å². The molecule has 3 amide bonds. The SMILES string of the molecule is Cc1cc(C)n(C(=O)NCC2(C)CC(C(=O)n3c(=O)n(C(=O)C4CC(C)(C)CC(C)(CNC(=O)n5nc(C)cc5C)C4)c(=O)n(C(=O)C4CC(C)(C)CC(C)(CNC(=O)n5nc(C)cc5C)C4)c3=O)CC(C)(C)C2)n1. The van der Waals surface area contributed by atoms with E-state index in [0.29, 0.717) is 67.1 Å². The Labute approximate surface area is 437 Å². The molecule has 0 radical (unpaired) electrons. The van der Waals surface area contributed by atoms with Gasteiger partial charge >= 0.3 is 35.2 Å². The minimum atomic E-state index is -1.46. The first kappa shape index (κ1) is 56.2. The summed E-state index contributed by atoms with van der Waals surface area (Å²) >= 11 is 0. The van der Waals surface area contributed by atoms with Crippen LogP contribution in [0.25, 0.3) is 0 Å². The number of rotatable bonds is 9. The lowest BCUT2D eigenvalue weighted by Gasteiger charge is -2.46. The van der Waals surface area contributed by atoms with Gasteiger partial charge in [-0.15, -0.1) is 0 Å². The van der Waals surface area contributed by atoms with Crippen LogP contribution >= 0.6 is 0 Å². The Morgan fingerprint density at radius 3 is 0.853 bits per heavy atom. The largest absolute Gasteiger partial charge is 0.350 e. The first-order valence-corrected chi connectivity index (χ1v) is 26.1. The zero-order valence-electron chi connectivity index (χ0n) is 46.6. The summed E-state index contributed by atoms with van der Waals surface area (Å²) < 4.78 is 4.71. The molecule has 4 aromatic heterocycles. The molecule has 3 aliphatic rings. The highest BCUT2D eigenvalue weighted by Crippen LogP contribution is 2.51. The Morgan fingerprint density at radius 2 is 0.653 bits per heavy atom. The average molecular weight is 1040 g/mol. The number of carbonyl (C=O) groups is 6. The van der Waals surface area contributed by atoms with Gasteiger partial charge in [-0.2, -0.15) is 43.0 Å². The fraction of sp³-hybridized carbons (Fsp3) is 0.667. The van der Waals surface area contributed by atoms with Crippen molar-refractivity contribution in [3.8, 4) is 0 Å². The van der Waals surface area contributed by atoms with Crippen LogP contribution in [0.2, 0.25) is 0 Å². The third kappa shape index (κ3) is 12.0. The summed E-state index contributed by atoms with van der Waals surface area (Å²) in [6.45, 7) is 28.4. The normalized spacial score (nSPS) is 26.0. The van der Waals surface area contributed by atoms with Crippen LogP contribution in [0.3, 0.4) is 0 Å². The van der Waals surface area contributed by atoms with E-state index in [1.807, 2.05) is 62.3 Å². The topological polar surface area (TPSA) is 258 Å². The number of aryl methyl sites for hydroxylation is 6. The molecular weight excluding hydrogens is 961 g/mol. The summed E-state index contributed by atoms with van der Waals surface area (Å²) in [7, 11) is 0.